The van der Waals surface area contributed by atoms with Gasteiger partial charge in [-0.3, -0.25) is 0 Å². The van der Waals surface area contributed by atoms with Crippen molar-refractivity contribution in [1.82, 2.24) is 0 Å². The van der Waals surface area contributed by atoms with Crippen LogP contribution in [0.2, 0.25) is 0 Å². The molecule has 96 valence electrons. The summed E-state index contributed by atoms with van der Waals surface area (Å²) >= 11 is 2.56. The second-order valence-corrected chi connectivity index (χ2v) is 12.3. The average Bonchev–Trinajstić information content (AvgIpc) is 2.83. The van der Waals surface area contributed by atoms with Gasteiger partial charge in [0.25, 0.3) is 0 Å². The Morgan fingerprint density at radius 2 is 1.89 bits per heavy atom. The van der Waals surface area contributed by atoms with Crippen LogP contribution >= 0.6 is 11.8 Å². The first-order chi connectivity index (χ1) is 9.25. The molecule has 0 amide bonds. The van der Waals surface area contributed by atoms with Crippen molar-refractivity contribution in [1.29, 1.82) is 0 Å². The molecule has 0 saturated carbocycles. The number of hydrogen-bond acceptors (Lipinski definition) is 3. The third-order valence-corrected chi connectivity index (χ3v) is 13.6. The molecule has 2 aromatic carbocycles. The van der Waals surface area contributed by atoms with E-state index in [4.69, 9.17) is 0 Å². The third kappa shape index (κ3) is 2.73. The monoisotopic (exact) mass is 403 g/mol. The molecule has 0 saturated heterocycles. The van der Waals surface area contributed by atoms with Gasteiger partial charge in [-0.25, -0.2) is 0 Å². The maximum atomic E-state index is 11.0. The molecule has 0 N–H and O–H groups in total. The summed E-state index contributed by atoms with van der Waals surface area (Å²) in [6.07, 6.45) is 0. The molecule has 0 aromatic heterocycles. The molecule has 1 unspecified atom stereocenters. The zero-order valence-corrected chi connectivity index (χ0v) is 13.9. The summed E-state index contributed by atoms with van der Waals surface area (Å²) in [6, 6.07) is 15.8. The molecule has 6 heteroatoms. The van der Waals surface area contributed by atoms with E-state index in [0.717, 1.165) is 4.46 Å². The molecule has 0 aliphatic carbocycles. The standard InChI is InChI=1S/C13H9NO2SSe2/c15-14(16)11-8-4-7-10-12(11)18-19-13(10)17-9-5-2-1-3-6-9/h1-8,13H. The van der Waals surface area contributed by atoms with E-state index in [9.17, 15) is 10.1 Å². The number of nitro benzene ring substituents is 1. The van der Waals surface area contributed by atoms with E-state index in [2.05, 4.69) is 18.2 Å². The van der Waals surface area contributed by atoms with Crippen molar-refractivity contribution >= 4 is 48.2 Å². The van der Waals surface area contributed by atoms with Crippen molar-refractivity contribution in [2.75, 3.05) is 0 Å². The van der Waals surface area contributed by atoms with Gasteiger partial charge in [0.15, 0.2) is 0 Å². The number of nitro groups is 1. The van der Waals surface area contributed by atoms with Crippen LogP contribution in [0.4, 0.5) is 5.69 Å². The van der Waals surface area contributed by atoms with E-state index >= 15 is 0 Å². The van der Waals surface area contributed by atoms with Crippen molar-refractivity contribution in [3.8, 4) is 0 Å². The van der Waals surface area contributed by atoms with Gasteiger partial charge in [-0.15, -0.1) is 0 Å². The fourth-order valence-electron chi connectivity index (χ4n) is 1.81. The van der Waals surface area contributed by atoms with Crippen LogP contribution in [-0.4, -0.2) is 31.2 Å². The number of rotatable bonds is 3. The van der Waals surface area contributed by atoms with Crippen LogP contribution in [-0.2, 0) is 0 Å². The van der Waals surface area contributed by atoms with Gasteiger partial charge in [0.2, 0.25) is 0 Å². The van der Waals surface area contributed by atoms with E-state index in [1.165, 1.54) is 10.5 Å². The molecular formula is C13H9NO2SSe2. The Labute approximate surface area is 126 Å². The van der Waals surface area contributed by atoms with Crippen molar-refractivity contribution < 1.29 is 4.92 Å². The zero-order valence-electron chi connectivity index (χ0n) is 9.68. The second kappa shape index (κ2) is 5.69. The predicted molar refractivity (Wildman–Crippen MR) is 79.3 cm³/mol. The number of benzene rings is 2. The summed E-state index contributed by atoms with van der Waals surface area (Å²) < 4.78 is 1.43. The molecule has 0 fully saturated rings. The Bertz CT molecular complexity index is 621. The Morgan fingerprint density at radius 1 is 1.11 bits per heavy atom. The number of thioether (sulfide) groups is 1. The van der Waals surface area contributed by atoms with Gasteiger partial charge < -0.3 is 0 Å². The summed E-state index contributed by atoms with van der Waals surface area (Å²) in [5.41, 5.74) is 1.50. The first-order valence-electron chi connectivity index (χ1n) is 5.58. The van der Waals surface area contributed by atoms with E-state index in [1.54, 1.807) is 6.07 Å². The molecule has 1 aliphatic heterocycles. The zero-order chi connectivity index (χ0) is 13.2. The third-order valence-electron chi connectivity index (χ3n) is 2.68. The summed E-state index contributed by atoms with van der Waals surface area (Å²) in [5.74, 6) is 0. The minimum atomic E-state index is -0.244. The van der Waals surface area contributed by atoms with E-state index in [0.29, 0.717) is 23.0 Å². The molecular weight excluding hydrogens is 392 g/mol. The molecule has 3 nitrogen and oxygen atoms in total. The molecule has 0 spiro atoms. The molecule has 1 atom stereocenters. The first kappa shape index (κ1) is 13.2. The van der Waals surface area contributed by atoms with E-state index < -0.39 is 0 Å². The van der Waals surface area contributed by atoms with Gasteiger partial charge in [-0.2, -0.15) is 0 Å². The second-order valence-electron chi connectivity index (χ2n) is 3.89. The molecule has 3 rings (SSSR count). The van der Waals surface area contributed by atoms with Gasteiger partial charge in [0.1, 0.15) is 0 Å². The van der Waals surface area contributed by atoms with Gasteiger partial charge in [0.05, 0.1) is 0 Å². The van der Waals surface area contributed by atoms with Gasteiger partial charge in [0, 0.05) is 0 Å². The number of hydrogen-bond donors (Lipinski definition) is 0. The fourth-order valence-corrected chi connectivity index (χ4v) is 13.8. The van der Waals surface area contributed by atoms with Gasteiger partial charge in [-0.05, 0) is 0 Å². The Balaban J connectivity index is 1.91. The molecule has 19 heavy (non-hydrogen) atoms. The fraction of sp³-hybridized carbons (Fsp3) is 0.0769. The van der Waals surface area contributed by atoms with Gasteiger partial charge >= 0.3 is 126 Å². The van der Waals surface area contributed by atoms with Crippen LogP contribution < -0.4 is 4.46 Å². The molecule has 0 radical (unpaired) electrons. The topological polar surface area (TPSA) is 43.1 Å². The summed E-state index contributed by atoms with van der Waals surface area (Å²) in [5, 5.41) is 11.0. The quantitative estimate of drug-likeness (QED) is 0.451. The first-order valence-corrected chi connectivity index (χ1v) is 12.6. The minimum absolute atomic E-state index is 0.244. The van der Waals surface area contributed by atoms with Crippen molar-refractivity contribution in [2.24, 2.45) is 0 Å². The Morgan fingerprint density at radius 3 is 2.63 bits per heavy atom. The Kier molecular flexibility index (Phi) is 3.96. The number of nitrogens with zero attached hydrogens (tertiary/aromatic N) is 1. The number of fused-ring (bicyclic) bond motifs is 1. The van der Waals surface area contributed by atoms with Crippen LogP contribution in [0.5, 0.6) is 0 Å². The SMILES string of the molecule is O=[N+]([O-])c1cccc2c1[Se][Se]C2Sc1ccccc1. The maximum absolute atomic E-state index is 11.0. The normalized spacial score (nSPS) is 17.2. The summed E-state index contributed by atoms with van der Waals surface area (Å²) in [7, 11) is 0. The van der Waals surface area contributed by atoms with Crippen molar-refractivity contribution in [2.45, 2.75) is 9.04 Å². The molecule has 2 aromatic rings. The summed E-state index contributed by atoms with van der Waals surface area (Å²) in [6.45, 7) is 0. The molecule has 0 bridgehead atoms. The Hall–Kier alpha value is -0.771. The predicted octanol–water partition coefficient (Wildman–Crippen LogP) is 2.35. The van der Waals surface area contributed by atoms with E-state index in [-0.39, 0.29) is 18.1 Å². The average molecular weight is 401 g/mol. The molecule has 1 heterocycles. The van der Waals surface area contributed by atoms with Crippen LogP contribution in [0.25, 0.3) is 0 Å². The van der Waals surface area contributed by atoms with Crippen LogP contribution in [0, 0.1) is 10.1 Å². The summed E-state index contributed by atoms with van der Waals surface area (Å²) in [4.78, 5) is 12.0. The van der Waals surface area contributed by atoms with Crippen LogP contribution in [0.1, 0.15) is 9.71 Å². The van der Waals surface area contributed by atoms with Crippen molar-refractivity contribution in [3.63, 3.8) is 0 Å². The van der Waals surface area contributed by atoms with E-state index in [1.807, 2.05) is 36.0 Å². The van der Waals surface area contributed by atoms with Gasteiger partial charge in [-0.1, -0.05) is 0 Å². The van der Waals surface area contributed by atoms with Crippen LogP contribution in [0.15, 0.2) is 53.4 Å². The van der Waals surface area contributed by atoms with Crippen molar-refractivity contribution in [3.05, 3.63) is 64.2 Å². The molecule has 1 aliphatic rings. The van der Waals surface area contributed by atoms with Crippen LogP contribution in [0.3, 0.4) is 0 Å².